The molecule has 0 heterocycles. The number of halogens is 2. The van der Waals surface area contributed by atoms with Crippen molar-refractivity contribution < 1.29 is 18.7 Å². The maximum atomic E-state index is 13.5. The molecule has 1 N–H and O–H groups in total. The molecule has 1 atom stereocenters. The van der Waals surface area contributed by atoms with Gasteiger partial charge in [0.05, 0.1) is 5.69 Å². The summed E-state index contributed by atoms with van der Waals surface area (Å²) in [5, 5.41) is 2.91. The minimum absolute atomic E-state index is 0.0277. The lowest BCUT2D eigenvalue weighted by molar-refractivity contribution is -0.148. The standard InChI is InChI=1S/C18H15ClFNO3/c1-12(18(23)21-16-8-3-2-7-15(16)20)24-17(22)10-9-13-5-4-6-14(19)11-13/h2-12H,1H3,(H,21,23)/b10-9+/t12-/m0/s1. The van der Waals surface area contributed by atoms with Gasteiger partial charge in [-0.05, 0) is 42.8 Å². The van der Waals surface area contributed by atoms with Crippen LogP contribution in [0, 0.1) is 5.82 Å². The molecule has 0 bridgehead atoms. The smallest absolute Gasteiger partial charge is 0.331 e. The van der Waals surface area contributed by atoms with Gasteiger partial charge in [-0.15, -0.1) is 0 Å². The van der Waals surface area contributed by atoms with E-state index in [4.69, 9.17) is 16.3 Å². The van der Waals surface area contributed by atoms with Gasteiger partial charge in [-0.1, -0.05) is 35.9 Å². The van der Waals surface area contributed by atoms with E-state index in [-0.39, 0.29) is 5.69 Å². The molecule has 0 aliphatic carbocycles. The van der Waals surface area contributed by atoms with Crippen molar-refractivity contribution in [3.8, 4) is 0 Å². The fraction of sp³-hybridized carbons (Fsp3) is 0.111. The monoisotopic (exact) mass is 347 g/mol. The third-order valence-electron chi connectivity index (χ3n) is 3.05. The molecular weight excluding hydrogens is 333 g/mol. The molecule has 0 aromatic heterocycles. The van der Waals surface area contributed by atoms with Gasteiger partial charge in [-0.2, -0.15) is 0 Å². The van der Waals surface area contributed by atoms with Crippen LogP contribution in [0.25, 0.3) is 6.08 Å². The Labute approximate surface area is 143 Å². The van der Waals surface area contributed by atoms with E-state index >= 15 is 0 Å². The molecule has 2 aromatic rings. The van der Waals surface area contributed by atoms with Crippen molar-refractivity contribution in [1.82, 2.24) is 0 Å². The number of nitrogens with one attached hydrogen (secondary N) is 1. The van der Waals surface area contributed by atoms with Crippen molar-refractivity contribution in [1.29, 1.82) is 0 Å². The van der Waals surface area contributed by atoms with Crippen LogP contribution >= 0.6 is 11.6 Å². The molecule has 0 unspecified atom stereocenters. The highest BCUT2D eigenvalue weighted by atomic mass is 35.5. The van der Waals surface area contributed by atoms with Gasteiger partial charge in [-0.3, -0.25) is 4.79 Å². The zero-order valence-corrected chi connectivity index (χ0v) is 13.6. The second-order valence-electron chi connectivity index (χ2n) is 4.94. The van der Waals surface area contributed by atoms with E-state index in [1.165, 1.54) is 37.3 Å². The Morgan fingerprint density at radius 2 is 1.96 bits per heavy atom. The van der Waals surface area contributed by atoms with Crippen LogP contribution in [0.5, 0.6) is 0 Å². The molecular formula is C18H15ClFNO3. The summed E-state index contributed by atoms with van der Waals surface area (Å²) in [7, 11) is 0. The van der Waals surface area contributed by atoms with Crippen LogP contribution in [0.4, 0.5) is 10.1 Å². The molecule has 6 heteroatoms. The van der Waals surface area contributed by atoms with E-state index in [1.807, 2.05) is 0 Å². The molecule has 4 nitrogen and oxygen atoms in total. The first-order valence-electron chi connectivity index (χ1n) is 7.15. The van der Waals surface area contributed by atoms with E-state index in [2.05, 4.69) is 5.32 Å². The zero-order valence-electron chi connectivity index (χ0n) is 12.8. The summed E-state index contributed by atoms with van der Waals surface area (Å²) in [5.74, 6) is -1.87. The molecule has 0 aliphatic heterocycles. The second-order valence-corrected chi connectivity index (χ2v) is 5.37. The molecule has 2 aromatic carbocycles. The maximum absolute atomic E-state index is 13.5. The number of anilines is 1. The molecule has 0 aliphatic rings. The van der Waals surface area contributed by atoms with Gasteiger partial charge in [0.25, 0.3) is 5.91 Å². The van der Waals surface area contributed by atoms with Crippen LogP contribution < -0.4 is 5.32 Å². The van der Waals surface area contributed by atoms with Crippen molar-refractivity contribution >= 4 is 35.2 Å². The van der Waals surface area contributed by atoms with Crippen molar-refractivity contribution in [2.24, 2.45) is 0 Å². The van der Waals surface area contributed by atoms with Crippen LogP contribution in [-0.2, 0) is 14.3 Å². The number of esters is 1. The summed E-state index contributed by atoms with van der Waals surface area (Å²) in [6.07, 6.45) is 1.65. The Morgan fingerprint density at radius 1 is 1.21 bits per heavy atom. The lowest BCUT2D eigenvalue weighted by Crippen LogP contribution is -2.29. The number of para-hydroxylation sites is 1. The summed E-state index contributed by atoms with van der Waals surface area (Å²) in [6, 6.07) is 12.6. The SMILES string of the molecule is C[C@H](OC(=O)/C=C/c1cccc(Cl)c1)C(=O)Nc1ccccc1F. The van der Waals surface area contributed by atoms with Crippen molar-refractivity contribution in [3.63, 3.8) is 0 Å². The molecule has 124 valence electrons. The predicted molar refractivity (Wildman–Crippen MR) is 91.1 cm³/mol. The maximum Gasteiger partial charge on any atom is 0.331 e. The van der Waals surface area contributed by atoms with Crippen LogP contribution in [0.1, 0.15) is 12.5 Å². The summed E-state index contributed by atoms with van der Waals surface area (Å²) in [4.78, 5) is 23.7. The molecule has 2 rings (SSSR count). The first kappa shape index (κ1) is 17.7. The van der Waals surface area contributed by atoms with Gasteiger partial charge in [-0.25, -0.2) is 9.18 Å². The van der Waals surface area contributed by atoms with Crippen molar-refractivity contribution in [2.45, 2.75) is 13.0 Å². The van der Waals surface area contributed by atoms with E-state index in [1.54, 1.807) is 30.3 Å². The lowest BCUT2D eigenvalue weighted by atomic mass is 10.2. The second kappa shape index (κ2) is 8.26. The Kier molecular flexibility index (Phi) is 6.09. The number of benzene rings is 2. The van der Waals surface area contributed by atoms with Gasteiger partial charge in [0.15, 0.2) is 6.10 Å². The fourth-order valence-corrected chi connectivity index (χ4v) is 2.04. The van der Waals surface area contributed by atoms with Gasteiger partial charge in [0.2, 0.25) is 0 Å². The molecule has 1 amide bonds. The van der Waals surface area contributed by atoms with Gasteiger partial charge in [0.1, 0.15) is 5.82 Å². The van der Waals surface area contributed by atoms with Gasteiger partial charge >= 0.3 is 5.97 Å². The highest BCUT2D eigenvalue weighted by Gasteiger charge is 2.17. The van der Waals surface area contributed by atoms with E-state index < -0.39 is 23.8 Å². The van der Waals surface area contributed by atoms with Crippen LogP contribution in [0.3, 0.4) is 0 Å². The quantitative estimate of drug-likeness (QED) is 0.655. The third-order valence-corrected chi connectivity index (χ3v) is 3.29. The minimum Gasteiger partial charge on any atom is -0.449 e. The van der Waals surface area contributed by atoms with Crippen molar-refractivity contribution in [3.05, 3.63) is 71.0 Å². The molecule has 0 fully saturated rings. The number of hydrogen-bond acceptors (Lipinski definition) is 3. The predicted octanol–water partition coefficient (Wildman–Crippen LogP) is 4.06. The Morgan fingerprint density at radius 3 is 2.67 bits per heavy atom. The minimum atomic E-state index is -1.07. The van der Waals surface area contributed by atoms with E-state index in [0.29, 0.717) is 5.02 Å². The fourth-order valence-electron chi connectivity index (χ4n) is 1.84. The number of hydrogen-bond donors (Lipinski definition) is 1. The van der Waals surface area contributed by atoms with Gasteiger partial charge in [0, 0.05) is 11.1 Å². The lowest BCUT2D eigenvalue weighted by Gasteiger charge is -2.12. The number of amides is 1. The first-order valence-corrected chi connectivity index (χ1v) is 7.53. The highest BCUT2D eigenvalue weighted by Crippen LogP contribution is 2.14. The highest BCUT2D eigenvalue weighted by molar-refractivity contribution is 6.30. The van der Waals surface area contributed by atoms with E-state index in [0.717, 1.165) is 5.56 Å². The molecule has 0 radical (unpaired) electrons. The van der Waals surface area contributed by atoms with Crippen molar-refractivity contribution in [2.75, 3.05) is 5.32 Å². The third kappa shape index (κ3) is 5.21. The number of ether oxygens (including phenoxy) is 1. The topological polar surface area (TPSA) is 55.4 Å². The summed E-state index contributed by atoms with van der Waals surface area (Å²) in [5.41, 5.74) is 0.753. The molecule has 0 spiro atoms. The molecule has 0 saturated heterocycles. The summed E-state index contributed by atoms with van der Waals surface area (Å²) < 4.78 is 18.5. The Hall–Kier alpha value is -2.66. The number of rotatable bonds is 5. The summed E-state index contributed by atoms with van der Waals surface area (Å²) >= 11 is 5.84. The average molecular weight is 348 g/mol. The number of carbonyl (C=O) groups excluding carboxylic acids is 2. The Bertz CT molecular complexity index is 776. The van der Waals surface area contributed by atoms with Crippen LogP contribution in [-0.4, -0.2) is 18.0 Å². The van der Waals surface area contributed by atoms with E-state index in [9.17, 15) is 14.0 Å². The molecule has 0 saturated carbocycles. The first-order chi connectivity index (χ1) is 11.5. The molecule has 24 heavy (non-hydrogen) atoms. The largest absolute Gasteiger partial charge is 0.449 e. The van der Waals surface area contributed by atoms with Crippen LogP contribution in [0.15, 0.2) is 54.6 Å². The Balaban J connectivity index is 1.91. The summed E-state index contributed by atoms with van der Waals surface area (Å²) in [6.45, 7) is 1.40. The zero-order chi connectivity index (χ0) is 17.5. The number of carbonyl (C=O) groups is 2. The van der Waals surface area contributed by atoms with Gasteiger partial charge < -0.3 is 10.1 Å². The van der Waals surface area contributed by atoms with Crippen LogP contribution in [0.2, 0.25) is 5.02 Å². The average Bonchev–Trinajstić information content (AvgIpc) is 2.55. The normalized spacial score (nSPS) is 12.0.